The molecule has 15 nitrogen and oxygen atoms in total. The van der Waals surface area contributed by atoms with Gasteiger partial charge in [-0.25, -0.2) is 9.78 Å². The van der Waals surface area contributed by atoms with Gasteiger partial charge in [-0.2, -0.15) is 9.97 Å². The molecule has 5 atom stereocenters. The van der Waals surface area contributed by atoms with Crippen LogP contribution in [-0.2, 0) is 4.79 Å². The SMILES string of the molecule is NCC(=O)N[C@H]1C[C@@H](n2cnc3c(NCC(c4ccccc4)c4ccccc4)nc(N4CCC(NC(=O)Nc5cccnc5)C4)nc32)[C@H](O)[C@@H]1O. The van der Waals surface area contributed by atoms with Crippen LogP contribution in [0.25, 0.3) is 11.2 Å². The molecule has 264 valence electrons. The minimum atomic E-state index is -1.21. The largest absolute Gasteiger partial charge is 0.388 e. The predicted molar refractivity (Wildman–Crippen MR) is 192 cm³/mol. The number of urea groups is 1. The number of hydrogen-bond acceptors (Lipinski definition) is 11. The van der Waals surface area contributed by atoms with Gasteiger partial charge in [0.15, 0.2) is 17.0 Å². The number of hydrogen-bond donors (Lipinski definition) is 7. The summed E-state index contributed by atoms with van der Waals surface area (Å²) in [5.41, 5.74) is 9.33. The van der Waals surface area contributed by atoms with E-state index in [1.54, 1.807) is 35.4 Å². The van der Waals surface area contributed by atoms with E-state index in [9.17, 15) is 19.8 Å². The van der Waals surface area contributed by atoms with Crippen molar-refractivity contribution in [3.8, 4) is 0 Å². The van der Waals surface area contributed by atoms with Crippen molar-refractivity contribution in [3.63, 3.8) is 0 Å². The molecule has 0 bridgehead atoms. The van der Waals surface area contributed by atoms with Gasteiger partial charge in [0.1, 0.15) is 12.2 Å². The highest BCUT2D eigenvalue weighted by Gasteiger charge is 2.44. The molecule has 2 aromatic carbocycles. The van der Waals surface area contributed by atoms with Gasteiger partial charge in [0.2, 0.25) is 11.9 Å². The lowest BCUT2D eigenvalue weighted by Gasteiger charge is -2.22. The maximum absolute atomic E-state index is 12.8. The summed E-state index contributed by atoms with van der Waals surface area (Å²) < 4.78 is 1.74. The topological polar surface area (TPSA) is 208 Å². The van der Waals surface area contributed by atoms with Crippen molar-refractivity contribution < 1.29 is 19.8 Å². The number of anilines is 3. The first-order valence-electron chi connectivity index (χ1n) is 17.0. The molecule has 15 heteroatoms. The monoisotopic (exact) mass is 691 g/mol. The average molecular weight is 692 g/mol. The molecule has 8 N–H and O–H groups in total. The lowest BCUT2D eigenvalue weighted by molar-refractivity contribution is -0.121. The third-order valence-corrected chi connectivity index (χ3v) is 9.55. The number of aromatic nitrogens is 5. The number of imidazole rings is 1. The van der Waals surface area contributed by atoms with E-state index in [4.69, 9.17) is 20.7 Å². The Kier molecular flexibility index (Phi) is 10.0. The Morgan fingerprint density at radius 3 is 2.37 bits per heavy atom. The van der Waals surface area contributed by atoms with E-state index in [0.717, 1.165) is 11.1 Å². The number of nitrogens with one attached hydrogen (secondary N) is 4. The number of carbonyl (C=O) groups excluding carboxylic acids is 2. The molecule has 3 amide bonds. The number of rotatable bonds is 11. The van der Waals surface area contributed by atoms with E-state index in [-0.39, 0.29) is 31.0 Å². The summed E-state index contributed by atoms with van der Waals surface area (Å²) in [5, 5.41) is 34.1. The van der Waals surface area contributed by atoms with Gasteiger partial charge in [0.25, 0.3) is 0 Å². The first-order chi connectivity index (χ1) is 24.9. The molecule has 7 rings (SSSR count). The number of fused-ring (bicyclic) bond motifs is 1. The first-order valence-corrected chi connectivity index (χ1v) is 17.0. The lowest BCUT2D eigenvalue weighted by Crippen LogP contribution is -2.45. The summed E-state index contributed by atoms with van der Waals surface area (Å²) in [7, 11) is 0. The Bertz CT molecular complexity index is 1910. The zero-order valence-corrected chi connectivity index (χ0v) is 27.8. The van der Waals surface area contributed by atoms with Crippen LogP contribution in [0.3, 0.4) is 0 Å². The minimum absolute atomic E-state index is 0.000335. The van der Waals surface area contributed by atoms with E-state index in [1.165, 1.54) is 0 Å². The number of aliphatic hydroxyl groups is 2. The van der Waals surface area contributed by atoms with Crippen LogP contribution in [0.15, 0.2) is 91.5 Å². The molecule has 1 saturated heterocycles. The van der Waals surface area contributed by atoms with Gasteiger partial charge in [-0.15, -0.1) is 0 Å². The fourth-order valence-electron chi connectivity index (χ4n) is 6.95. The highest BCUT2D eigenvalue weighted by atomic mass is 16.3. The van der Waals surface area contributed by atoms with Crippen LogP contribution in [0.1, 0.15) is 35.9 Å². The predicted octanol–water partition coefficient (Wildman–Crippen LogP) is 1.98. The van der Waals surface area contributed by atoms with Gasteiger partial charge in [-0.1, -0.05) is 60.7 Å². The zero-order valence-electron chi connectivity index (χ0n) is 27.8. The van der Waals surface area contributed by atoms with E-state index in [2.05, 4.69) is 50.5 Å². The highest BCUT2D eigenvalue weighted by Crippen LogP contribution is 2.35. The summed E-state index contributed by atoms with van der Waals surface area (Å²) in [5.74, 6) is 0.523. The molecular weight excluding hydrogens is 650 g/mol. The number of pyridine rings is 1. The van der Waals surface area contributed by atoms with Crippen molar-refractivity contribution >= 4 is 40.6 Å². The molecule has 1 unspecified atom stereocenters. The van der Waals surface area contributed by atoms with Gasteiger partial charge in [-0.3, -0.25) is 9.78 Å². The quantitative estimate of drug-likeness (QED) is 0.107. The molecule has 1 aliphatic heterocycles. The fourth-order valence-corrected chi connectivity index (χ4v) is 6.95. The zero-order chi connectivity index (χ0) is 35.3. The number of nitrogens with zero attached hydrogens (tertiary/aromatic N) is 6. The van der Waals surface area contributed by atoms with Gasteiger partial charge >= 0.3 is 6.03 Å². The van der Waals surface area contributed by atoms with Crippen LogP contribution < -0.4 is 31.9 Å². The lowest BCUT2D eigenvalue weighted by atomic mass is 9.91. The molecule has 51 heavy (non-hydrogen) atoms. The maximum Gasteiger partial charge on any atom is 0.319 e. The van der Waals surface area contributed by atoms with Crippen molar-refractivity contribution in [1.29, 1.82) is 0 Å². The summed E-state index contributed by atoms with van der Waals surface area (Å²) in [6, 6.07) is 22.2. The molecule has 4 heterocycles. The van der Waals surface area contributed by atoms with Crippen LogP contribution in [0.2, 0.25) is 0 Å². The summed E-state index contributed by atoms with van der Waals surface area (Å²) in [6.07, 6.45) is 3.32. The Labute approximate surface area is 294 Å². The highest BCUT2D eigenvalue weighted by molar-refractivity contribution is 5.89. The van der Waals surface area contributed by atoms with Gasteiger partial charge in [0.05, 0.1) is 36.8 Å². The molecule has 3 aromatic heterocycles. The number of nitrogens with two attached hydrogens (primary N) is 1. The van der Waals surface area contributed by atoms with E-state index >= 15 is 0 Å². The minimum Gasteiger partial charge on any atom is -0.388 e. The Balaban J connectivity index is 1.19. The molecule has 1 aliphatic carbocycles. The second-order valence-corrected chi connectivity index (χ2v) is 12.9. The fraction of sp³-hybridized carbons (Fsp3) is 0.333. The summed E-state index contributed by atoms with van der Waals surface area (Å²) in [6.45, 7) is 1.33. The molecule has 0 spiro atoms. The Morgan fingerprint density at radius 1 is 0.941 bits per heavy atom. The molecule has 1 saturated carbocycles. The molecule has 2 aliphatic rings. The third kappa shape index (κ3) is 7.45. The van der Waals surface area contributed by atoms with E-state index in [1.807, 2.05) is 41.3 Å². The molecule has 5 aromatic rings. The third-order valence-electron chi connectivity index (χ3n) is 9.55. The van der Waals surface area contributed by atoms with Crippen molar-refractivity contribution in [2.24, 2.45) is 5.73 Å². The van der Waals surface area contributed by atoms with Crippen molar-refractivity contribution in [1.82, 2.24) is 35.1 Å². The van der Waals surface area contributed by atoms with Crippen LogP contribution in [0.5, 0.6) is 0 Å². The second kappa shape index (κ2) is 15.1. The number of benzene rings is 2. The number of carbonyl (C=O) groups is 2. The van der Waals surface area contributed by atoms with Crippen LogP contribution >= 0.6 is 0 Å². The number of aliphatic hydroxyl groups excluding tert-OH is 2. The van der Waals surface area contributed by atoms with Crippen LogP contribution in [0.4, 0.5) is 22.2 Å². The van der Waals surface area contributed by atoms with Crippen LogP contribution in [0, 0.1) is 0 Å². The first kappa shape index (κ1) is 33.8. The van der Waals surface area contributed by atoms with Gasteiger partial charge in [0, 0.05) is 37.8 Å². The van der Waals surface area contributed by atoms with Gasteiger partial charge in [-0.05, 0) is 36.1 Å². The van der Waals surface area contributed by atoms with E-state index < -0.39 is 30.2 Å². The average Bonchev–Trinajstić information content (AvgIpc) is 3.87. The van der Waals surface area contributed by atoms with E-state index in [0.29, 0.717) is 54.7 Å². The molecule has 2 fully saturated rings. The maximum atomic E-state index is 12.8. The normalized spacial score (nSPS) is 21.6. The van der Waals surface area contributed by atoms with Crippen LogP contribution in [-0.4, -0.2) is 97.1 Å². The van der Waals surface area contributed by atoms with Crippen molar-refractivity contribution in [3.05, 3.63) is 103 Å². The standard InChI is InChI=1S/C36H41N11O4/c37-17-29(48)43-27-16-28(32(50)31(27)49)47-21-40-30-33(39-19-26(22-8-3-1-4-9-22)23-10-5-2-6-11-23)44-35(45-34(30)47)46-15-13-25(20-46)42-36(51)41-24-12-7-14-38-18-24/h1-12,14,18,21,25-28,31-32,49-50H,13,15-17,19-20,37H2,(H,43,48)(H,39,44,45)(H2,41,42,51)/t25?,27-,28+,31+,32-/m0/s1. The van der Waals surface area contributed by atoms with Gasteiger partial charge < -0.3 is 46.7 Å². The Morgan fingerprint density at radius 2 is 1.69 bits per heavy atom. The van der Waals surface area contributed by atoms with Crippen molar-refractivity contribution in [2.45, 2.75) is 49.1 Å². The second-order valence-electron chi connectivity index (χ2n) is 12.9. The molecule has 0 radical (unpaired) electrons. The molecular formula is C36H41N11O4. The smallest absolute Gasteiger partial charge is 0.319 e. The Hall–Kier alpha value is -5.64. The summed E-state index contributed by atoms with van der Waals surface area (Å²) >= 11 is 0. The number of amides is 3. The summed E-state index contributed by atoms with van der Waals surface area (Å²) in [4.78, 5) is 45.5. The van der Waals surface area contributed by atoms with Crippen molar-refractivity contribution in [2.75, 3.05) is 41.7 Å².